The summed E-state index contributed by atoms with van der Waals surface area (Å²) >= 11 is 1.30. The highest BCUT2D eigenvalue weighted by atomic mass is 32.2. The minimum atomic E-state index is -0.624. The standard InChI is InChI=1S/C22H26F2N2O2S/c1-3-20(22(28)25-4-2)26(13-16-9-11-18(23)12-10-16)21(27)15-29-14-17-7-5-6-8-19(17)24/h5-12,20H,3-4,13-15H2,1-2H3,(H,25,28)/t20-/m0/s1. The number of halogens is 2. The lowest BCUT2D eigenvalue weighted by Gasteiger charge is -2.30. The largest absolute Gasteiger partial charge is 0.355 e. The highest BCUT2D eigenvalue weighted by Crippen LogP contribution is 2.19. The van der Waals surface area contributed by atoms with Crippen molar-refractivity contribution in [2.24, 2.45) is 0 Å². The van der Waals surface area contributed by atoms with E-state index in [0.29, 0.717) is 24.3 Å². The van der Waals surface area contributed by atoms with E-state index in [-0.39, 0.29) is 35.7 Å². The number of nitrogens with zero attached hydrogens (tertiary/aromatic N) is 1. The Balaban J connectivity index is 2.11. The van der Waals surface area contributed by atoms with Crippen molar-refractivity contribution in [3.05, 3.63) is 71.3 Å². The van der Waals surface area contributed by atoms with Crippen LogP contribution in [0.5, 0.6) is 0 Å². The van der Waals surface area contributed by atoms with Crippen molar-refractivity contribution in [2.45, 2.75) is 38.6 Å². The van der Waals surface area contributed by atoms with E-state index in [1.165, 1.54) is 34.9 Å². The molecule has 7 heteroatoms. The number of nitrogens with one attached hydrogen (secondary N) is 1. The second-order valence-corrected chi connectivity index (χ2v) is 7.54. The van der Waals surface area contributed by atoms with E-state index < -0.39 is 6.04 Å². The summed E-state index contributed by atoms with van der Waals surface area (Å²) in [6.45, 7) is 4.34. The van der Waals surface area contributed by atoms with Crippen LogP contribution in [0.4, 0.5) is 8.78 Å². The van der Waals surface area contributed by atoms with Gasteiger partial charge in [-0.1, -0.05) is 37.3 Å². The zero-order valence-electron chi connectivity index (χ0n) is 16.7. The summed E-state index contributed by atoms with van der Waals surface area (Å²) in [7, 11) is 0. The van der Waals surface area contributed by atoms with Crippen molar-refractivity contribution < 1.29 is 18.4 Å². The third-order valence-corrected chi connectivity index (χ3v) is 5.41. The number of carbonyl (C=O) groups is 2. The Labute approximate surface area is 174 Å². The van der Waals surface area contributed by atoms with Gasteiger partial charge in [0.25, 0.3) is 0 Å². The molecule has 0 aliphatic rings. The third kappa shape index (κ3) is 6.85. The van der Waals surface area contributed by atoms with Gasteiger partial charge in [0.1, 0.15) is 17.7 Å². The minimum Gasteiger partial charge on any atom is -0.355 e. The third-order valence-electron chi connectivity index (χ3n) is 4.44. The fourth-order valence-corrected chi connectivity index (χ4v) is 3.84. The van der Waals surface area contributed by atoms with Crippen molar-refractivity contribution in [1.29, 1.82) is 0 Å². The summed E-state index contributed by atoms with van der Waals surface area (Å²) in [5.74, 6) is -0.614. The van der Waals surface area contributed by atoms with Gasteiger partial charge in [0.05, 0.1) is 5.75 Å². The Bertz CT molecular complexity index is 815. The van der Waals surface area contributed by atoms with Gasteiger partial charge in [0.2, 0.25) is 11.8 Å². The molecule has 0 fully saturated rings. The predicted octanol–water partition coefficient (Wildman–Crippen LogP) is 4.14. The molecular formula is C22H26F2N2O2S. The van der Waals surface area contributed by atoms with Crippen LogP contribution in [0.15, 0.2) is 48.5 Å². The summed E-state index contributed by atoms with van der Waals surface area (Å²) in [5.41, 5.74) is 1.27. The van der Waals surface area contributed by atoms with Crippen LogP contribution in [0.25, 0.3) is 0 Å². The van der Waals surface area contributed by atoms with Gasteiger partial charge in [0.15, 0.2) is 0 Å². The van der Waals surface area contributed by atoms with Gasteiger partial charge in [0, 0.05) is 18.8 Å². The molecule has 0 radical (unpaired) electrons. The number of benzene rings is 2. The molecule has 1 atom stereocenters. The summed E-state index contributed by atoms with van der Waals surface area (Å²) in [4.78, 5) is 27.0. The van der Waals surface area contributed by atoms with E-state index in [0.717, 1.165) is 5.56 Å². The molecule has 156 valence electrons. The van der Waals surface area contributed by atoms with Crippen LogP contribution in [-0.4, -0.2) is 35.1 Å². The highest BCUT2D eigenvalue weighted by molar-refractivity contribution is 7.99. The number of amides is 2. The molecule has 2 rings (SSSR count). The number of hydrogen-bond acceptors (Lipinski definition) is 3. The van der Waals surface area contributed by atoms with E-state index in [2.05, 4.69) is 5.32 Å². The second-order valence-electron chi connectivity index (χ2n) is 6.55. The first-order valence-electron chi connectivity index (χ1n) is 9.59. The molecule has 29 heavy (non-hydrogen) atoms. The Hall–Kier alpha value is -2.41. The van der Waals surface area contributed by atoms with Crippen LogP contribution in [0.2, 0.25) is 0 Å². The maximum atomic E-state index is 13.8. The van der Waals surface area contributed by atoms with Gasteiger partial charge in [-0.15, -0.1) is 11.8 Å². The lowest BCUT2D eigenvalue weighted by Crippen LogP contribution is -2.49. The molecule has 0 saturated heterocycles. The smallest absolute Gasteiger partial charge is 0.242 e. The fraction of sp³-hybridized carbons (Fsp3) is 0.364. The number of likely N-dealkylation sites (N-methyl/N-ethyl adjacent to an activating group) is 1. The Morgan fingerprint density at radius 2 is 1.76 bits per heavy atom. The summed E-state index contributed by atoms with van der Waals surface area (Å²) < 4.78 is 27.0. The van der Waals surface area contributed by atoms with Gasteiger partial charge in [-0.25, -0.2) is 8.78 Å². The maximum Gasteiger partial charge on any atom is 0.242 e. The first-order valence-corrected chi connectivity index (χ1v) is 10.7. The fourth-order valence-electron chi connectivity index (χ4n) is 2.94. The van der Waals surface area contributed by atoms with Crippen molar-refractivity contribution in [3.63, 3.8) is 0 Å². The van der Waals surface area contributed by atoms with Gasteiger partial charge in [-0.2, -0.15) is 0 Å². The number of hydrogen-bond donors (Lipinski definition) is 1. The first-order chi connectivity index (χ1) is 14.0. The van der Waals surface area contributed by atoms with Crippen LogP contribution >= 0.6 is 11.8 Å². The summed E-state index contributed by atoms with van der Waals surface area (Å²) in [6.07, 6.45) is 0.455. The average molecular weight is 421 g/mol. The van der Waals surface area contributed by atoms with E-state index in [9.17, 15) is 18.4 Å². The normalized spacial score (nSPS) is 11.7. The lowest BCUT2D eigenvalue weighted by atomic mass is 10.1. The number of carbonyl (C=O) groups excluding carboxylic acids is 2. The molecule has 0 aliphatic carbocycles. The summed E-state index contributed by atoms with van der Waals surface area (Å²) in [6, 6.07) is 11.7. The predicted molar refractivity (Wildman–Crippen MR) is 112 cm³/mol. The van der Waals surface area contributed by atoms with Crippen LogP contribution < -0.4 is 5.32 Å². The van der Waals surface area contributed by atoms with E-state index in [1.54, 1.807) is 30.3 Å². The quantitative estimate of drug-likeness (QED) is 0.628. The van der Waals surface area contributed by atoms with Crippen molar-refractivity contribution >= 4 is 23.6 Å². The summed E-state index contributed by atoms with van der Waals surface area (Å²) in [5, 5.41) is 2.77. The van der Waals surface area contributed by atoms with Crippen molar-refractivity contribution in [2.75, 3.05) is 12.3 Å². The average Bonchev–Trinajstić information content (AvgIpc) is 2.71. The molecule has 0 heterocycles. The molecule has 0 unspecified atom stereocenters. The number of rotatable bonds is 10. The lowest BCUT2D eigenvalue weighted by molar-refractivity contribution is -0.139. The molecule has 0 spiro atoms. The van der Waals surface area contributed by atoms with Crippen LogP contribution in [0.3, 0.4) is 0 Å². The molecule has 2 amide bonds. The monoisotopic (exact) mass is 420 g/mol. The van der Waals surface area contributed by atoms with E-state index in [1.807, 2.05) is 13.8 Å². The van der Waals surface area contributed by atoms with Crippen LogP contribution in [0, 0.1) is 11.6 Å². The molecule has 1 N–H and O–H groups in total. The zero-order chi connectivity index (χ0) is 21.2. The SMILES string of the molecule is CCNC(=O)[C@H](CC)N(Cc1ccc(F)cc1)C(=O)CSCc1ccccc1F. The Kier molecular flexibility index (Phi) is 9.12. The van der Waals surface area contributed by atoms with Gasteiger partial charge in [-0.05, 0) is 42.7 Å². The Morgan fingerprint density at radius 1 is 1.07 bits per heavy atom. The Morgan fingerprint density at radius 3 is 2.38 bits per heavy atom. The highest BCUT2D eigenvalue weighted by Gasteiger charge is 2.28. The molecular weight excluding hydrogens is 394 g/mol. The topological polar surface area (TPSA) is 49.4 Å². The number of thioether (sulfide) groups is 1. The van der Waals surface area contributed by atoms with Crippen LogP contribution in [0.1, 0.15) is 31.4 Å². The zero-order valence-corrected chi connectivity index (χ0v) is 17.5. The molecule has 2 aromatic rings. The molecule has 0 saturated carbocycles. The van der Waals surface area contributed by atoms with Crippen molar-refractivity contribution in [3.8, 4) is 0 Å². The molecule has 4 nitrogen and oxygen atoms in total. The van der Waals surface area contributed by atoms with Gasteiger partial charge < -0.3 is 10.2 Å². The molecule has 2 aromatic carbocycles. The van der Waals surface area contributed by atoms with Crippen LogP contribution in [-0.2, 0) is 21.9 Å². The van der Waals surface area contributed by atoms with Crippen molar-refractivity contribution in [1.82, 2.24) is 10.2 Å². The minimum absolute atomic E-state index is 0.117. The molecule has 0 bridgehead atoms. The van der Waals surface area contributed by atoms with E-state index >= 15 is 0 Å². The van der Waals surface area contributed by atoms with Gasteiger partial charge in [-0.3, -0.25) is 9.59 Å². The maximum absolute atomic E-state index is 13.8. The first kappa shape index (κ1) is 22.9. The van der Waals surface area contributed by atoms with Gasteiger partial charge >= 0.3 is 0 Å². The molecule has 0 aromatic heterocycles. The molecule has 0 aliphatic heterocycles. The van der Waals surface area contributed by atoms with E-state index in [4.69, 9.17) is 0 Å². The second kappa shape index (κ2) is 11.6.